The van der Waals surface area contributed by atoms with Crippen molar-refractivity contribution in [2.45, 2.75) is 219 Å². The molecule has 0 aliphatic carbocycles. The zero-order chi connectivity index (χ0) is 34.5. The Bertz CT molecular complexity index is 733. The molecule has 1 unspecified atom stereocenters. The highest BCUT2D eigenvalue weighted by molar-refractivity contribution is 5.71. The second-order valence-electron chi connectivity index (χ2n) is 13.6. The Morgan fingerprint density at radius 3 is 1.17 bits per heavy atom. The third kappa shape index (κ3) is 35.3. The summed E-state index contributed by atoms with van der Waals surface area (Å²) in [5.41, 5.74) is 0. The molecule has 0 fully saturated rings. The molecular weight excluding hydrogens is 588 g/mol. The van der Waals surface area contributed by atoms with Crippen LogP contribution >= 0.6 is 0 Å². The number of allylic oxidation sites excluding steroid dienone is 2. The van der Waals surface area contributed by atoms with Crippen LogP contribution in [0.2, 0.25) is 0 Å². The van der Waals surface area contributed by atoms with Crippen LogP contribution in [0.1, 0.15) is 213 Å². The molecule has 0 N–H and O–H groups in total. The van der Waals surface area contributed by atoms with E-state index in [1.165, 1.54) is 128 Å². The fourth-order valence-corrected chi connectivity index (χ4v) is 5.71. The second-order valence-corrected chi connectivity index (χ2v) is 13.6. The molecule has 0 aromatic heterocycles. The van der Waals surface area contributed by atoms with Gasteiger partial charge in [0.2, 0.25) is 0 Å². The Morgan fingerprint density at radius 2 is 0.745 bits per heavy atom. The monoisotopic (exact) mass is 665 g/mol. The van der Waals surface area contributed by atoms with Gasteiger partial charge < -0.3 is 14.2 Å². The van der Waals surface area contributed by atoms with Gasteiger partial charge in [0.05, 0.1) is 0 Å². The number of unbranched alkanes of at least 4 members (excludes halogenated alkanes) is 23. The maximum Gasteiger partial charge on any atom is 0.306 e. The number of hydrogen-bond acceptors (Lipinski definition) is 6. The summed E-state index contributed by atoms with van der Waals surface area (Å²) in [5, 5.41) is 0. The van der Waals surface area contributed by atoms with Crippen molar-refractivity contribution in [3.8, 4) is 0 Å². The zero-order valence-corrected chi connectivity index (χ0v) is 31.3. The Labute approximate surface area is 290 Å². The van der Waals surface area contributed by atoms with E-state index in [0.29, 0.717) is 25.7 Å². The SMILES string of the molecule is CCCCCC/C=C/CCCCCCCCCC(=O)OC(COC(=O)CCC)COC(=O)CCCCCCCCCCCCCCC. The van der Waals surface area contributed by atoms with Crippen molar-refractivity contribution in [1.29, 1.82) is 0 Å². The van der Waals surface area contributed by atoms with Crippen molar-refractivity contribution in [3.05, 3.63) is 12.2 Å². The predicted octanol–water partition coefficient (Wildman–Crippen LogP) is 12.3. The molecule has 0 spiro atoms. The van der Waals surface area contributed by atoms with Gasteiger partial charge in [0.25, 0.3) is 0 Å². The first kappa shape index (κ1) is 45.2. The summed E-state index contributed by atoms with van der Waals surface area (Å²) in [5.74, 6) is -0.937. The van der Waals surface area contributed by atoms with Crippen LogP contribution in [0.4, 0.5) is 0 Å². The molecule has 0 amide bonds. The van der Waals surface area contributed by atoms with Crippen molar-refractivity contribution >= 4 is 17.9 Å². The minimum atomic E-state index is -0.760. The Kier molecular flexibility index (Phi) is 35.5. The molecule has 0 saturated heterocycles. The van der Waals surface area contributed by atoms with Gasteiger partial charge in [-0.15, -0.1) is 0 Å². The van der Waals surface area contributed by atoms with E-state index in [4.69, 9.17) is 14.2 Å². The van der Waals surface area contributed by atoms with Crippen molar-refractivity contribution in [2.24, 2.45) is 0 Å². The van der Waals surface area contributed by atoms with Gasteiger partial charge >= 0.3 is 17.9 Å². The predicted molar refractivity (Wildman–Crippen MR) is 196 cm³/mol. The maximum absolute atomic E-state index is 12.5. The lowest BCUT2D eigenvalue weighted by atomic mass is 10.0. The van der Waals surface area contributed by atoms with Crippen LogP contribution in [0.5, 0.6) is 0 Å². The van der Waals surface area contributed by atoms with Gasteiger partial charge in [0.15, 0.2) is 6.10 Å². The number of ether oxygens (including phenoxy) is 3. The topological polar surface area (TPSA) is 78.9 Å². The van der Waals surface area contributed by atoms with E-state index >= 15 is 0 Å². The molecule has 0 rings (SSSR count). The number of carbonyl (C=O) groups excluding carboxylic acids is 3. The lowest BCUT2D eigenvalue weighted by molar-refractivity contribution is -0.167. The molecule has 1 atom stereocenters. The minimum absolute atomic E-state index is 0.0729. The smallest absolute Gasteiger partial charge is 0.306 e. The average molecular weight is 665 g/mol. The molecule has 47 heavy (non-hydrogen) atoms. The van der Waals surface area contributed by atoms with E-state index in [1.807, 2.05) is 6.92 Å². The first-order valence-corrected chi connectivity index (χ1v) is 20.2. The largest absolute Gasteiger partial charge is 0.462 e. The number of esters is 3. The van der Waals surface area contributed by atoms with E-state index in [9.17, 15) is 14.4 Å². The van der Waals surface area contributed by atoms with Crippen LogP contribution in [0.15, 0.2) is 12.2 Å². The molecule has 0 aromatic rings. The second kappa shape index (κ2) is 37.0. The van der Waals surface area contributed by atoms with E-state index in [0.717, 1.165) is 38.5 Å². The molecular formula is C41H76O6. The Balaban J connectivity index is 4.00. The summed E-state index contributed by atoms with van der Waals surface area (Å²) in [4.78, 5) is 36.7. The highest BCUT2D eigenvalue weighted by atomic mass is 16.6. The van der Waals surface area contributed by atoms with Crippen molar-refractivity contribution in [1.82, 2.24) is 0 Å². The summed E-state index contributed by atoms with van der Waals surface area (Å²) in [6.07, 6.45) is 37.5. The van der Waals surface area contributed by atoms with Gasteiger partial charge in [-0.3, -0.25) is 14.4 Å². The number of rotatable bonds is 36. The van der Waals surface area contributed by atoms with E-state index in [2.05, 4.69) is 26.0 Å². The summed E-state index contributed by atoms with van der Waals surface area (Å²) < 4.78 is 16.3. The van der Waals surface area contributed by atoms with Gasteiger partial charge in [-0.1, -0.05) is 161 Å². The third-order valence-electron chi connectivity index (χ3n) is 8.74. The maximum atomic E-state index is 12.5. The fraction of sp³-hybridized carbons (Fsp3) is 0.878. The molecule has 0 aliphatic heterocycles. The molecule has 0 saturated carbocycles. The Morgan fingerprint density at radius 1 is 0.404 bits per heavy atom. The van der Waals surface area contributed by atoms with Gasteiger partial charge in [-0.25, -0.2) is 0 Å². The summed E-state index contributed by atoms with van der Waals surface area (Å²) in [7, 11) is 0. The van der Waals surface area contributed by atoms with Crippen molar-refractivity contribution in [3.63, 3.8) is 0 Å². The molecule has 6 heteroatoms. The lowest BCUT2D eigenvalue weighted by Gasteiger charge is -2.18. The highest BCUT2D eigenvalue weighted by Crippen LogP contribution is 2.14. The zero-order valence-electron chi connectivity index (χ0n) is 31.3. The number of carbonyl (C=O) groups is 3. The molecule has 6 nitrogen and oxygen atoms in total. The molecule has 0 aliphatic rings. The molecule has 0 aromatic carbocycles. The van der Waals surface area contributed by atoms with E-state index in [1.54, 1.807) is 0 Å². The van der Waals surface area contributed by atoms with Gasteiger partial charge in [0.1, 0.15) is 13.2 Å². The van der Waals surface area contributed by atoms with Crippen molar-refractivity contribution in [2.75, 3.05) is 13.2 Å². The first-order valence-electron chi connectivity index (χ1n) is 20.2. The molecule has 0 bridgehead atoms. The van der Waals surface area contributed by atoms with E-state index in [-0.39, 0.29) is 31.1 Å². The van der Waals surface area contributed by atoms with Crippen LogP contribution in [0.3, 0.4) is 0 Å². The molecule has 276 valence electrons. The number of hydrogen-bond donors (Lipinski definition) is 0. The van der Waals surface area contributed by atoms with Crippen LogP contribution < -0.4 is 0 Å². The van der Waals surface area contributed by atoms with Gasteiger partial charge in [0, 0.05) is 19.3 Å². The molecule has 0 heterocycles. The summed E-state index contributed by atoms with van der Waals surface area (Å²) >= 11 is 0. The lowest BCUT2D eigenvalue weighted by Crippen LogP contribution is -2.30. The highest BCUT2D eigenvalue weighted by Gasteiger charge is 2.19. The minimum Gasteiger partial charge on any atom is -0.462 e. The van der Waals surface area contributed by atoms with Crippen LogP contribution in [-0.4, -0.2) is 37.2 Å². The summed E-state index contributed by atoms with van der Waals surface area (Å²) in [6.45, 7) is 6.27. The van der Waals surface area contributed by atoms with Crippen LogP contribution in [0, 0.1) is 0 Å². The van der Waals surface area contributed by atoms with Crippen molar-refractivity contribution < 1.29 is 28.6 Å². The normalized spacial score (nSPS) is 12.0. The fourth-order valence-electron chi connectivity index (χ4n) is 5.71. The van der Waals surface area contributed by atoms with Gasteiger partial charge in [-0.2, -0.15) is 0 Å². The van der Waals surface area contributed by atoms with E-state index < -0.39 is 6.10 Å². The van der Waals surface area contributed by atoms with Crippen LogP contribution in [0.25, 0.3) is 0 Å². The summed E-state index contributed by atoms with van der Waals surface area (Å²) in [6, 6.07) is 0. The van der Waals surface area contributed by atoms with Crippen LogP contribution in [-0.2, 0) is 28.6 Å². The Hall–Kier alpha value is -1.85. The third-order valence-corrected chi connectivity index (χ3v) is 8.74. The molecule has 0 radical (unpaired) electrons. The first-order chi connectivity index (χ1) is 23.0. The standard InChI is InChI=1S/C41H76O6/c1-4-7-9-11-13-15-17-19-20-22-24-26-28-30-32-35-41(44)47-38(36-45-39(42)33-6-3)37-46-40(43)34-31-29-27-25-23-21-18-16-14-12-10-8-5-2/h15,17,38H,4-14,16,18-37H2,1-3H3/b17-15+. The quantitative estimate of drug-likeness (QED) is 0.0287. The average Bonchev–Trinajstić information content (AvgIpc) is 3.06. The van der Waals surface area contributed by atoms with Gasteiger partial charge in [-0.05, 0) is 44.9 Å².